The fraction of sp³-hybridized carbons (Fsp3) is 0.200. The minimum atomic E-state index is 0.707. The first-order valence-corrected chi connectivity index (χ1v) is 8.46. The fourth-order valence-corrected chi connectivity index (χ4v) is 3.44. The van der Waals surface area contributed by atoms with Gasteiger partial charge in [0.1, 0.15) is 12.1 Å². The zero-order valence-electron chi connectivity index (χ0n) is 13.3. The smallest absolute Gasteiger partial charge is 0.141 e. The van der Waals surface area contributed by atoms with E-state index in [4.69, 9.17) is 0 Å². The molecule has 0 unspecified atom stereocenters. The standard InChI is InChI=1S/C20H18N4/c1-2-13(3-1)14-4-6-19-17(11-14)20(23-12-22-19)24-16-5-7-18-15(10-16)8-9-21-18/h4-13,21H,1-3H2,(H,22,23,24). The number of fused-ring (bicyclic) bond motifs is 2. The van der Waals surface area contributed by atoms with E-state index in [0.29, 0.717) is 5.92 Å². The summed E-state index contributed by atoms with van der Waals surface area (Å²) in [7, 11) is 0. The predicted molar refractivity (Wildman–Crippen MR) is 97.7 cm³/mol. The second kappa shape index (κ2) is 5.34. The van der Waals surface area contributed by atoms with Crippen LogP contribution in [0.3, 0.4) is 0 Å². The molecule has 5 rings (SSSR count). The number of hydrogen-bond donors (Lipinski definition) is 2. The molecule has 2 N–H and O–H groups in total. The normalized spacial score (nSPS) is 14.8. The maximum absolute atomic E-state index is 4.48. The highest BCUT2D eigenvalue weighted by Gasteiger charge is 2.20. The lowest BCUT2D eigenvalue weighted by Crippen LogP contribution is -2.08. The van der Waals surface area contributed by atoms with Crippen molar-refractivity contribution in [1.82, 2.24) is 15.0 Å². The highest BCUT2D eigenvalue weighted by atomic mass is 15.0. The summed E-state index contributed by atoms with van der Waals surface area (Å²) < 4.78 is 0. The SMILES string of the molecule is c1nc(Nc2ccc3[nH]ccc3c2)c2cc(C3CCC3)ccc2n1. The van der Waals surface area contributed by atoms with E-state index in [-0.39, 0.29) is 0 Å². The number of hydrogen-bond acceptors (Lipinski definition) is 3. The Hall–Kier alpha value is -2.88. The van der Waals surface area contributed by atoms with Crippen LogP contribution in [0.25, 0.3) is 21.8 Å². The minimum Gasteiger partial charge on any atom is -0.361 e. The number of aromatic amines is 1. The quantitative estimate of drug-likeness (QED) is 0.551. The van der Waals surface area contributed by atoms with E-state index in [1.165, 1.54) is 30.2 Å². The van der Waals surface area contributed by atoms with Gasteiger partial charge in [0, 0.05) is 28.2 Å². The molecule has 0 saturated heterocycles. The zero-order valence-corrected chi connectivity index (χ0v) is 13.3. The first kappa shape index (κ1) is 13.5. The Balaban J connectivity index is 1.57. The van der Waals surface area contributed by atoms with Crippen LogP contribution in [0.2, 0.25) is 0 Å². The lowest BCUT2D eigenvalue weighted by molar-refractivity contribution is 0.420. The van der Waals surface area contributed by atoms with Gasteiger partial charge in [-0.05, 0) is 60.7 Å². The molecule has 2 aromatic heterocycles. The van der Waals surface area contributed by atoms with Gasteiger partial charge in [0.2, 0.25) is 0 Å². The van der Waals surface area contributed by atoms with Crippen molar-refractivity contribution in [1.29, 1.82) is 0 Å². The van der Waals surface area contributed by atoms with Gasteiger partial charge in [0.05, 0.1) is 5.52 Å². The Morgan fingerprint density at radius 2 is 1.96 bits per heavy atom. The van der Waals surface area contributed by atoms with Crippen molar-refractivity contribution in [2.75, 3.05) is 5.32 Å². The van der Waals surface area contributed by atoms with E-state index in [9.17, 15) is 0 Å². The Morgan fingerprint density at radius 3 is 2.83 bits per heavy atom. The van der Waals surface area contributed by atoms with E-state index < -0.39 is 0 Å². The molecule has 1 aliphatic rings. The van der Waals surface area contributed by atoms with E-state index in [1.54, 1.807) is 6.33 Å². The molecule has 118 valence electrons. The summed E-state index contributed by atoms with van der Waals surface area (Å²) in [6, 6.07) is 15.0. The summed E-state index contributed by atoms with van der Waals surface area (Å²) in [5.41, 5.74) is 4.57. The average molecular weight is 314 g/mol. The van der Waals surface area contributed by atoms with Crippen molar-refractivity contribution in [2.24, 2.45) is 0 Å². The van der Waals surface area contributed by atoms with Crippen LogP contribution in [0, 0.1) is 0 Å². The van der Waals surface area contributed by atoms with Crippen LogP contribution in [-0.4, -0.2) is 15.0 Å². The monoisotopic (exact) mass is 314 g/mol. The molecule has 0 aliphatic heterocycles. The van der Waals surface area contributed by atoms with Gasteiger partial charge in [0.15, 0.2) is 0 Å². The molecule has 2 aromatic carbocycles. The lowest BCUT2D eigenvalue weighted by Gasteiger charge is -2.26. The molecule has 1 saturated carbocycles. The van der Waals surface area contributed by atoms with E-state index >= 15 is 0 Å². The van der Waals surface area contributed by atoms with Crippen molar-refractivity contribution in [3.63, 3.8) is 0 Å². The Bertz CT molecular complexity index is 1030. The largest absolute Gasteiger partial charge is 0.361 e. The predicted octanol–water partition coefficient (Wildman–Crippen LogP) is 5.12. The highest BCUT2D eigenvalue weighted by Crippen LogP contribution is 2.38. The molecule has 4 nitrogen and oxygen atoms in total. The number of rotatable bonds is 3. The molecule has 24 heavy (non-hydrogen) atoms. The maximum atomic E-state index is 4.48. The molecule has 1 aliphatic carbocycles. The highest BCUT2D eigenvalue weighted by molar-refractivity contribution is 5.92. The molecule has 2 heterocycles. The van der Waals surface area contributed by atoms with Gasteiger partial charge in [-0.3, -0.25) is 0 Å². The van der Waals surface area contributed by atoms with Gasteiger partial charge in [-0.2, -0.15) is 0 Å². The molecular weight excluding hydrogens is 296 g/mol. The third-order valence-corrected chi connectivity index (χ3v) is 5.05. The third-order valence-electron chi connectivity index (χ3n) is 5.05. The van der Waals surface area contributed by atoms with Crippen LogP contribution in [0.5, 0.6) is 0 Å². The molecule has 4 heteroatoms. The molecular formula is C20H18N4. The van der Waals surface area contributed by atoms with Crippen LogP contribution in [0.15, 0.2) is 55.0 Å². The van der Waals surface area contributed by atoms with Crippen molar-refractivity contribution in [2.45, 2.75) is 25.2 Å². The van der Waals surface area contributed by atoms with Crippen molar-refractivity contribution in [3.8, 4) is 0 Å². The average Bonchev–Trinajstić information content (AvgIpc) is 3.01. The molecule has 4 aromatic rings. The van der Waals surface area contributed by atoms with Gasteiger partial charge in [-0.25, -0.2) is 9.97 Å². The molecule has 0 amide bonds. The van der Waals surface area contributed by atoms with E-state index in [2.05, 4.69) is 62.7 Å². The van der Waals surface area contributed by atoms with Crippen molar-refractivity contribution >= 4 is 33.3 Å². The van der Waals surface area contributed by atoms with Crippen LogP contribution in [-0.2, 0) is 0 Å². The molecule has 0 bridgehead atoms. The number of H-pyrrole nitrogens is 1. The number of nitrogens with one attached hydrogen (secondary N) is 2. The van der Waals surface area contributed by atoms with Crippen LogP contribution >= 0.6 is 0 Å². The summed E-state index contributed by atoms with van der Waals surface area (Å²) in [5.74, 6) is 1.58. The van der Waals surface area contributed by atoms with Crippen molar-refractivity contribution < 1.29 is 0 Å². The summed E-state index contributed by atoms with van der Waals surface area (Å²) in [6.45, 7) is 0. The second-order valence-electron chi connectivity index (χ2n) is 6.53. The summed E-state index contributed by atoms with van der Waals surface area (Å²) in [5, 5.41) is 5.75. The van der Waals surface area contributed by atoms with E-state index in [0.717, 1.165) is 27.9 Å². The molecule has 0 atom stereocenters. The van der Waals surface area contributed by atoms with Gasteiger partial charge < -0.3 is 10.3 Å². The topological polar surface area (TPSA) is 53.6 Å². The number of anilines is 2. The molecule has 0 spiro atoms. The molecule has 0 radical (unpaired) electrons. The number of nitrogens with zero attached hydrogens (tertiary/aromatic N) is 2. The number of benzene rings is 2. The summed E-state index contributed by atoms with van der Waals surface area (Å²) >= 11 is 0. The van der Waals surface area contributed by atoms with Gasteiger partial charge in [0.25, 0.3) is 0 Å². The Morgan fingerprint density at radius 1 is 1.00 bits per heavy atom. The van der Waals surface area contributed by atoms with Crippen LogP contribution in [0.4, 0.5) is 11.5 Å². The van der Waals surface area contributed by atoms with E-state index in [1.807, 2.05) is 6.20 Å². The third kappa shape index (κ3) is 2.22. The second-order valence-corrected chi connectivity index (χ2v) is 6.53. The Kier molecular flexibility index (Phi) is 3.01. The first-order chi connectivity index (χ1) is 11.9. The van der Waals surface area contributed by atoms with Gasteiger partial charge in [-0.1, -0.05) is 12.5 Å². The lowest BCUT2D eigenvalue weighted by atomic mass is 9.80. The summed E-state index contributed by atoms with van der Waals surface area (Å²) in [6.07, 6.45) is 7.52. The minimum absolute atomic E-state index is 0.707. The Labute approximate surface area is 140 Å². The number of aromatic nitrogens is 3. The van der Waals surface area contributed by atoms with Crippen molar-refractivity contribution in [3.05, 3.63) is 60.6 Å². The summed E-state index contributed by atoms with van der Waals surface area (Å²) in [4.78, 5) is 12.1. The zero-order chi connectivity index (χ0) is 15.9. The first-order valence-electron chi connectivity index (χ1n) is 8.46. The van der Waals surface area contributed by atoms with Crippen LogP contribution in [0.1, 0.15) is 30.7 Å². The fourth-order valence-electron chi connectivity index (χ4n) is 3.44. The molecule has 1 fully saturated rings. The van der Waals surface area contributed by atoms with Gasteiger partial charge >= 0.3 is 0 Å². The van der Waals surface area contributed by atoms with Gasteiger partial charge in [-0.15, -0.1) is 0 Å². The maximum Gasteiger partial charge on any atom is 0.141 e. The van der Waals surface area contributed by atoms with Crippen LogP contribution < -0.4 is 5.32 Å².